The van der Waals surface area contributed by atoms with Crippen molar-refractivity contribution in [2.45, 2.75) is 18.6 Å². The minimum Gasteiger partial charge on any atom is -0.390 e. The summed E-state index contributed by atoms with van der Waals surface area (Å²) in [6.45, 7) is 1.47. The van der Waals surface area contributed by atoms with Crippen LogP contribution in [0, 0.1) is 10.1 Å². The van der Waals surface area contributed by atoms with Gasteiger partial charge in [-0.1, -0.05) is 6.07 Å². The van der Waals surface area contributed by atoms with Crippen LogP contribution in [0.1, 0.15) is 17.3 Å². The van der Waals surface area contributed by atoms with Crippen molar-refractivity contribution in [1.82, 2.24) is 10.9 Å². The lowest BCUT2D eigenvalue weighted by atomic mass is 10.0. The van der Waals surface area contributed by atoms with Crippen molar-refractivity contribution in [2.24, 2.45) is 0 Å². The number of non-ortho nitro benzene ring substituents is 1. The van der Waals surface area contributed by atoms with Crippen LogP contribution in [0.2, 0.25) is 0 Å². The Bertz CT molecular complexity index is 719. The first kappa shape index (κ1) is 16.3. The number of nitro groups is 1. The molecule has 9 nitrogen and oxygen atoms in total. The van der Waals surface area contributed by atoms with Gasteiger partial charge in [0.2, 0.25) is 0 Å². The molecule has 2 atom stereocenters. The van der Waals surface area contributed by atoms with E-state index in [-0.39, 0.29) is 22.8 Å². The summed E-state index contributed by atoms with van der Waals surface area (Å²) >= 11 is 0. The van der Waals surface area contributed by atoms with E-state index >= 15 is 0 Å². The Hall–Kier alpha value is -2.04. The fraction of sp³-hybridized carbons (Fsp3) is 0.417. The van der Waals surface area contributed by atoms with E-state index in [2.05, 4.69) is 10.9 Å². The number of carbonyl (C=O) groups is 1. The highest BCUT2D eigenvalue weighted by Crippen LogP contribution is 2.23. The van der Waals surface area contributed by atoms with Crippen molar-refractivity contribution in [1.29, 1.82) is 0 Å². The molecule has 120 valence electrons. The van der Waals surface area contributed by atoms with Gasteiger partial charge in [0.15, 0.2) is 9.84 Å². The summed E-state index contributed by atoms with van der Waals surface area (Å²) in [5.41, 5.74) is 3.39. The molecule has 0 aromatic heterocycles. The number of nitrogens with zero attached hydrogens (tertiary/aromatic N) is 1. The minimum atomic E-state index is -3.39. The van der Waals surface area contributed by atoms with Crippen LogP contribution in [0.4, 0.5) is 5.69 Å². The number of aliphatic hydroxyl groups is 1. The first-order chi connectivity index (χ1) is 10.1. The molecule has 0 bridgehead atoms. The van der Waals surface area contributed by atoms with E-state index in [0.29, 0.717) is 0 Å². The van der Waals surface area contributed by atoms with Crippen LogP contribution in [-0.4, -0.2) is 47.5 Å². The number of hydrogen-bond donors (Lipinski definition) is 3. The Morgan fingerprint density at radius 1 is 1.50 bits per heavy atom. The second-order valence-electron chi connectivity index (χ2n) is 5.37. The number of sulfone groups is 1. The zero-order valence-corrected chi connectivity index (χ0v) is 12.5. The third-order valence-electron chi connectivity index (χ3n) is 3.45. The molecule has 0 unspecified atom stereocenters. The zero-order valence-electron chi connectivity index (χ0n) is 11.6. The summed E-state index contributed by atoms with van der Waals surface area (Å²) in [6.07, 6.45) is -1.16. The van der Waals surface area contributed by atoms with Crippen molar-refractivity contribution in [2.75, 3.05) is 11.5 Å². The standard InChI is InChI=1S/C12H15N3O6S/c1-12(7-22(20,21)6-10(12)16)14-13-11(17)8-3-2-4-9(5-8)15(18)19/h2-5,10,14,16H,6-7H2,1H3,(H,13,17)/t10-,12+/m0/s1. The average Bonchev–Trinajstić information content (AvgIpc) is 2.64. The van der Waals surface area contributed by atoms with Crippen LogP contribution < -0.4 is 10.9 Å². The van der Waals surface area contributed by atoms with Gasteiger partial charge in [-0.05, 0) is 13.0 Å². The largest absolute Gasteiger partial charge is 0.390 e. The van der Waals surface area contributed by atoms with Crippen LogP contribution in [0.15, 0.2) is 24.3 Å². The fourth-order valence-electron chi connectivity index (χ4n) is 2.19. The molecule has 0 radical (unpaired) electrons. The van der Waals surface area contributed by atoms with Crippen molar-refractivity contribution < 1.29 is 23.2 Å². The van der Waals surface area contributed by atoms with E-state index < -0.39 is 32.3 Å². The molecular formula is C12H15N3O6S. The third-order valence-corrected chi connectivity index (χ3v) is 5.31. The van der Waals surface area contributed by atoms with E-state index in [1.807, 2.05) is 0 Å². The highest BCUT2D eigenvalue weighted by atomic mass is 32.2. The quantitative estimate of drug-likeness (QED) is 0.494. The number of carbonyl (C=O) groups excluding carboxylic acids is 1. The van der Waals surface area contributed by atoms with Gasteiger partial charge in [-0.2, -0.15) is 0 Å². The maximum Gasteiger partial charge on any atom is 0.270 e. The second kappa shape index (κ2) is 5.63. The van der Waals surface area contributed by atoms with Gasteiger partial charge >= 0.3 is 0 Å². The first-order valence-electron chi connectivity index (χ1n) is 6.33. The lowest BCUT2D eigenvalue weighted by molar-refractivity contribution is -0.384. The van der Waals surface area contributed by atoms with E-state index in [4.69, 9.17) is 0 Å². The maximum absolute atomic E-state index is 12.0. The predicted molar refractivity (Wildman–Crippen MR) is 76.8 cm³/mol. The number of nitrogens with one attached hydrogen (secondary N) is 2. The summed E-state index contributed by atoms with van der Waals surface area (Å²) in [6, 6.07) is 5.10. The molecule has 2 rings (SSSR count). The molecule has 1 saturated heterocycles. The molecule has 0 aliphatic carbocycles. The molecule has 1 heterocycles. The van der Waals surface area contributed by atoms with Crippen molar-refractivity contribution in [3.8, 4) is 0 Å². The highest BCUT2D eigenvalue weighted by molar-refractivity contribution is 7.91. The molecule has 22 heavy (non-hydrogen) atoms. The molecule has 1 fully saturated rings. The van der Waals surface area contributed by atoms with Crippen LogP contribution in [0.5, 0.6) is 0 Å². The molecule has 1 aromatic rings. The van der Waals surface area contributed by atoms with Gasteiger partial charge in [0.05, 0.1) is 28.1 Å². The molecule has 1 aliphatic rings. The van der Waals surface area contributed by atoms with E-state index in [1.165, 1.54) is 25.1 Å². The number of hydrazine groups is 1. The molecule has 3 N–H and O–H groups in total. The minimum absolute atomic E-state index is 0.0423. The smallest absolute Gasteiger partial charge is 0.270 e. The number of amides is 1. The van der Waals surface area contributed by atoms with Gasteiger partial charge in [-0.25, -0.2) is 13.8 Å². The average molecular weight is 329 g/mol. The molecule has 0 spiro atoms. The molecule has 1 aromatic carbocycles. The topological polar surface area (TPSA) is 139 Å². The van der Waals surface area contributed by atoms with Crippen molar-refractivity contribution in [3.63, 3.8) is 0 Å². The summed E-state index contributed by atoms with van der Waals surface area (Å²) in [7, 11) is -3.39. The summed E-state index contributed by atoms with van der Waals surface area (Å²) in [5, 5.41) is 20.5. The van der Waals surface area contributed by atoms with Crippen molar-refractivity contribution in [3.05, 3.63) is 39.9 Å². The molecule has 1 amide bonds. The number of nitro benzene ring substituents is 1. The fourth-order valence-corrected chi connectivity index (χ4v) is 4.33. The Morgan fingerprint density at radius 3 is 2.73 bits per heavy atom. The molecule has 0 saturated carbocycles. The SMILES string of the molecule is C[C@@]1(NNC(=O)c2cccc([N+](=O)[O-])c2)CS(=O)(=O)C[C@@H]1O. The van der Waals surface area contributed by atoms with Gasteiger partial charge < -0.3 is 5.11 Å². The predicted octanol–water partition coefficient (Wildman–Crippen LogP) is -0.623. The molecule has 10 heteroatoms. The summed E-state index contributed by atoms with van der Waals surface area (Å²) in [4.78, 5) is 22.0. The van der Waals surface area contributed by atoms with E-state index in [0.717, 1.165) is 6.07 Å². The Morgan fingerprint density at radius 2 is 2.18 bits per heavy atom. The molecular weight excluding hydrogens is 314 g/mol. The lowest BCUT2D eigenvalue weighted by Crippen LogP contribution is -2.58. The first-order valence-corrected chi connectivity index (χ1v) is 8.15. The van der Waals surface area contributed by atoms with Gasteiger partial charge in [0.25, 0.3) is 11.6 Å². The Balaban J connectivity index is 2.07. The zero-order chi connectivity index (χ0) is 16.5. The van der Waals surface area contributed by atoms with Crippen LogP contribution in [0.25, 0.3) is 0 Å². The monoisotopic (exact) mass is 329 g/mol. The normalized spacial score (nSPS) is 26.5. The maximum atomic E-state index is 12.0. The summed E-state index contributed by atoms with van der Waals surface area (Å²) in [5.74, 6) is -1.37. The highest BCUT2D eigenvalue weighted by Gasteiger charge is 2.46. The Labute approximate surface area is 126 Å². The van der Waals surface area contributed by atoms with E-state index in [1.54, 1.807) is 0 Å². The number of benzene rings is 1. The van der Waals surface area contributed by atoms with Gasteiger partial charge in [-0.3, -0.25) is 20.3 Å². The van der Waals surface area contributed by atoms with Crippen LogP contribution in [0.3, 0.4) is 0 Å². The number of hydrogen-bond acceptors (Lipinski definition) is 7. The van der Waals surface area contributed by atoms with Gasteiger partial charge in [0, 0.05) is 17.7 Å². The van der Waals surface area contributed by atoms with Crippen molar-refractivity contribution >= 4 is 21.4 Å². The second-order valence-corrected chi connectivity index (χ2v) is 7.48. The number of aliphatic hydroxyl groups excluding tert-OH is 1. The Kier molecular flexibility index (Phi) is 4.18. The lowest BCUT2D eigenvalue weighted by Gasteiger charge is -2.27. The van der Waals surface area contributed by atoms with Crippen LogP contribution >= 0.6 is 0 Å². The van der Waals surface area contributed by atoms with Crippen LogP contribution in [-0.2, 0) is 9.84 Å². The number of rotatable bonds is 4. The molecule has 1 aliphatic heterocycles. The van der Waals surface area contributed by atoms with Gasteiger partial charge in [-0.15, -0.1) is 0 Å². The van der Waals surface area contributed by atoms with Gasteiger partial charge in [0.1, 0.15) is 0 Å². The summed E-state index contributed by atoms with van der Waals surface area (Å²) < 4.78 is 23.0. The third kappa shape index (κ3) is 3.40. The van der Waals surface area contributed by atoms with E-state index in [9.17, 15) is 28.4 Å².